The Morgan fingerprint density at radius 3 is 1.87 bits per heavy atom. The summed E-state index contributed by atoms with van der Waals surface area (Å²) < 4.78 is 0. The lowest BCUT2D eigenvalue weighted by Crippen LogP contribution is -1.91. The third-order valence-electron chi connectivity index (χ3n) is 4.77. The molecule has 4 aromatic carbocycles. The molecule has 0 N–H and O–H groups in total. The maximum absolute atomic E-state index is 2.28. The van der Waals surface area contributed by atoms with Crippen molar-refractivity contribution in [3.8, 4) is 11.1 Å². The van der Waals surface area contributed by atoms with E-state index >= 15 is 0 Å². The summed E-state index contributed by atoms with van der Waals surface area (Å²) in [7, 11) is 0. The van der Waals surface area contributed by atoms with Gasteiger partial charge in [-0.25, -0.2) is 0 Å². The average Bonchev–Trinajstić information content (AvgIpc) is 2.56. The molecule has 4 rings (SSSR count). The van der Waals surface area contributed by atoms with Crippen LogP contribution in [-0.4, -0.2) is 0 Å². The molecule has 0 unspecified atom stereocenters. The highest BCUT2D eigenvalue weighted by molar-refractivity contribution is 6.07. The molecule has 4 aromatic rings. The van der Waals surface area contributed by atoms with Crippen LogP contribution in [0.25, 0.3) is 32.7 Å². The molecule has 0 heterocycles. The predicted molar refractivity (Wildman–Crippen MR) is 101 cm³/mol. The van der Waals surface area contributed by atoms with Gasteiger partial charge >= 0.3 is 0 Å². The van der Waals surface area contributed by atoms with Crippen LogP contribution in [0.1, 0.15) is 16.7 Å². The molecule has 0 heteroatoms. The summed E-state index contributed by atoms with van der Waals surface area (Å²) in [5.74, 6) is 0. The van der Waals surface area contributed by atoms with E-state index in [1.54, 1.807) is 0 Å². The molecule has 0 aliphatic carbocycles. The van der Waals surface area contributed by atoms with Crippen LogP contribution in [0.5, 0.6) is 0 Å². The van der Waals surface area contributed by atoms with Crippen molar-refractivity contribution in [3.63, 3.8) is 0 Å². The second kappa shape index (κ2) is 5.24. The molecule has 0 atom stereocenters. The average molecular weight is 296 g/mol. The first-order valence-corrected chi connectivity index (χ1v) is 8.14. The molecule has 0 nitrogen and oxygen atoms in total. The number of aryl methyl sites for hydroxylation is 3. The molecule has 0 spiro atoms. The molecule has 23 heavy (non-hydrogen) atoms. The lowest BCUT2D eigenvalue weighted by atomic mass is 9.87. The summed E-state index contributed by atoms with van der Waals surface area (Å²) in [5.41, 5.74) is 6.72. The summed E-state index contributed by atoms with van der Waals surface area (Å²) in [6.07, 6.45) is 0. The van der Waals surface area contributed by atoms with E-state index in [-0.39, 0.29) is 0 Å². The molecule has 0 aliphatic heterocycles. The van der Waals surface area contributed by atoms with Crippen molar-refractivity contribution in [2.24, 2.45) is 0 Å². The zero-order chi connectivity index (χ0) is 16.0. The van der Waals surface area contributed by atoms with Crippen LogP contribution >= 0.6 is 0 Å². The fraction of sp³-hybridized carbons (Fsp3) is 0.130. The van der Waals surface area contributed by atoms with Crippen molar-refractivity contribution in [2.45, 2.75) is 20.8 Å². The van der Waals surface area contributed by atoms with Gasteiger partial charge in [0.25, 0.3) is 0 Å². The Morgan fingerprint density at radius 2 is 1.13 bits per heavy atom. The van der Waals surface area contributed by atoms with Crippen LogP contribution in [0.2, 0.25) is 0 Å². The van der Waals surface area contributed by atoms with E-state index in [9.17, 15) is 0 Å². The standard InChI is InChI=1S/C23H20/c1-15-8-13-21-19(14-15)12-10-17(3)23(21)22-16(2)9-11-18-6-4-5-7-20(18)22/h4-14H,1-3H3. The number of hydrogen-bond donors (Lipinski definition) is 0. The highest BCUT2D eigenvalue weighted by atomic mass is 14.2. The van der Waals surface area contributed by atoms with E-state index in [0.717, 1.165) is 0 Å². The minimum Gasteiger partial charge on any atom is -0.0616 e. The zero-order valence-corrected chi connectivity index (χ0v) is 13.9. The highest BCUT2D eigenvalue weighted by Crippen LogP contribution is 2.38. The summed E-state index contributed by atoms with van der Waals surface area (Å²) in [5, 5.41) is 5.30. The van der Waals surface area contributed by atoms with E-state index in [1.807, 2.05) is 0 Å². The second-order valence-corrected chi connectivity index (χ2v) is 6.46. The Balaban J connectivity index is 2.19. The van der Waals surface area contributed by atoms with E-state index in [1.165, 1.54) is 49.4 Å². The van der Waals surface area contributed by atoms with Crippen molar-refractivity contribution in [2.75, 3.05) is 0 Å². The maximum atomic E-state index is 2.28. The van der Waals surface area contributed by atoms with Gasteiger partial charge in [0.2, 0.25) is 0 Å². The van der Waals surface area contributed by atoms with Crippen LogP contribution in [0.4, 0.5) is 0 Å². The Hall–Kier alpha value is -2.60. The molecule has 0 aliphatic rings. The van der Waals surface area contributed by atoms with Gasteiger partial charge in [-0.15, -0.1) is 0 Å². The molecule has 0 amide bonds. The van der Waals surface area contributed by atoms with Crippen LogP contribution in [-0.2, 0) is 0 Å². The topological polar surface area (TPSA) is 0 Å². The number of hydrogen-bond acceptors (Lipinski definition) is 0. The van der Waals surface area contributed by atoms with Crippen LogP contribution in [0.15, 0.2) is 66.7 Å². The monoisotopic (exact) mass is 296 g/mol. The number of rotatable bonds is 1. The van der Waals surface area contributed by atoms with E-state index in [2.05, 4.69) is 87.5 Å². The van der Waals surface area contributed by atoms with Crippen molar-refractivity contribution >= 4 is 21.5 Å². The van der Waals surface area contributed by atoms with Gasteiger partial charge in [-0.05, 0) is 64.6 Å². The number of fused-ring (bicyclic) bond motifs is 2. The summed E-state index contributed by atoms with van der Waals surface area (Å²) in [6, 6.07) is 24.4. The number of benzene rings is 4. The molecule has 0 saturated heterocycles. The quantitative estimate of drug-likeness (QED) is 0.372. The van der Waals surface area contributed by atoms with Crippen LogP contribution in [0.3, 0.4) is 0 Å². The molecule has 0 saturated carbocycles. The molecule has 0 radical (unpaired) electrons. The van der Waals surface area contributed by atoms with Gasteiger partial charge < -0.3 is 0 Å². The molecular formula is C23H20. The minimum atomic E-state index is 1.30. The van der Waals surface area contributed by atoms with Crippen molar-refractivity contribution in [1.82, 2.24) is 0 Å². The summed E-state index contributed by atoms with van der Waals surface area (Å²) >= 11 is 0. The van der Waals surface area contributed by atoms with Gasteiger partial charge in [0.1, 0.15) is 0 Å². The molecular weight excluding hydrogens is 276 g/mol. The zero-order valence-electron chi connectivity index (χ0n) is 13.9. The van der Waals surface area contributed by atoms with E-state index in [4.69, 9.17) is 0 Å². The Bertz CT molecular complexity index is 1040. The Labute approximate surface area is 137 Å². The predicted octanol–water partition coefficient (Wildman–Crippen LogP) is 6.59. The Kier molecular flexibility index (Phi) is 3.20. The first-order chi connectivity index (χ1) is 11.1. The largest absolute Gasteiger partial charge is 0.0616 e. The van der Waals surface area contributed by atoms with Gasteiger partial charge in [-0.2, -0.15) is 0 Å². The SMILES string of the molecule is Cc1ccc2c(-c3c(C)ccc4ccccc34)c(C)ccc2c1. The third-order valence-corrected chi connectivity index (χ3v) is 4.77. The third kappa shape index (κ3) is 2.22. The van der Waals surface area contributed by atoms with Crippen molar-refractivity contribution in [3.05, 3.63) is 83.4 Å². The molecule has 0 fully saturated rings. The smallest absolute Gasteiger partial charge is 0.00672 e. The molecule has 112 valence electrons. The minimum absolute atomic E-state index is 1.30. The van der Waals surface area contributed by atoms with Gasteiger partial charge in [0.15, 0.2) is 0 Å². The van der Waals surface area contributed by atoms with Crippen molar-refractivity contribution < 1.29 is 0 Å². The van der Waals surface area contributed by atoms with E-state index < -0.39 is 0 Å². The fourth-order valence-corrected chi connectivity index (χ4v) is 3.60. The summed E-state index contributed by atoms with van der Waals surface area (Å²) in [4.78, 5) is 0. The van der Waals surface area contributed by atoms with Gasteiger partial charge in [-0.3, -0.25) is 0 Å². The first kappa shape index (κ1) is 14.0. The van der Waals surface area contributed by atoms with Crippen LogP contribution in [0, 0.1) is 20.8 Å². The summed E-state index contributed by atoms with van der Waals surface area (Å²) in [6.45, 7) is 6.59. The first-order valence-electron chi connectivity index (χ1n) is 8.14. The molecule has 0 bridgehead atoms. The fourth-order valence-electron chi connectivity index (χ4n) is 3.60. The Morgan fingerprint density at radius 1 is 0.522 bits per heavy atom. The normalized spacial score (nSPS) is 11.3. The van der Waals surface area contributed by atoms with Crippen LogP contribution < -0.4 is 0 Å². The maximum Gasteiger partial charge on any atom is -0.00672 e. The van der Waals surface area contributed by atoms with Gasteiger partial charge in [0.05, 0.1) is 0 Å². The second-order valence-electron chi connectivity index (χ2n) is 6.46. The highest BCUT2D eigenvalue weighted by Gasteiger charge is 2.13. The van der Waals surface area contributed by atoms with Gasteiger partial charge in [-0.1, -0.05) is 72.3 Å². The van der Waals surface area contributed by atoms with E-state index in [0.29, 0.717) is 0 Å². The van der Waals surface area contributed by atoms with Crippen molar-refractivity contribution in [1.29, 1.82) is 0 Å². The van der Waals surface area contributed by atoms with Gasteiger partial charge in [0, 0.05) is 0 Å². The lowest BCUT2D eigenvalue weighted by molar-refractivity contribution is 1.44. The lowest BCUT2D eigenvalue weighted by Gasteiger charge is -2.16. The molecule has 0 aromatic heterocycles.